The second-order valence-corrected chi connectivity index (χ2v) is 7.63. The fourth-order valence-corrected chi connectivity index (χ4v) is 2.35. The van der Waals surface area contributed by atoms with Gasteiger partial charge in [0, 0.05) is 5.38 Å². The lowest BCUT2D eigenvalue weighted by molar-refractivity contribution is -0.162. The van der Waals surface area contributed by atoms with E-state index in [1.54, 1.807) is 34.6 Å². The van der Waals surface area contributed by atoms with Crippen LogP contribution in [-0.2, 0) is 28.7 Å². The fourth-order valence-electron chi connectivity index (χ4n) is 1.66. The van der Waals surface area contributed by atoms with E-state index in [1.807, 2.05) is 0 Å². The van der Waals surface area contributed by atoms with Gasteiger partial charge in [0.15, 0.2) is 10.7 Å². The molecule has 3 N–H and O–H groups in total. The zero-order valence-corrected chi connectivity index (χ0v) is 17.6. The quantitative estimate of drug-likeness (QED) is 0.282. The van der Waals surface area contributed by atoms with Gasteiger partial charge in [-0.2, -0.15) is 0 Å². The molecule has 1 rings (SSSR count). The third-order valence-electron chi connectivity index (χ3n) is 3.02. The van der Waals surface area contributed by atoms with Crippen molar-refractivity contribution in [3.63, 3.8) is 0 Å². The van der Waals surface area contributed by atoms with E-state index in [0.717, 1.165) is 11.3 Å². The van der Waals surface area contributed by atoms with Gasteiger partial charge in [0.25, 0.3) is 5.91 Å². The highest BCUT2D eigenvalue weighted by molar-refractivity contribution is 7.14. The molecule has 0 aromatic carbocycles. The van der Waals surface area contributed by atoms with Crippen LogP contribution in [0.1, 0.15) is 47.2 Å². The highest BCUT2D eigenvalue weighted by Gasteiger charge is 2.41. The summed E-state index contributed by atoms with van der Waals surface area (Å²) in [5, 5.41) is 7.77. The van der Waals surface area contributed by atoms with Gasteiger partial charge in [-0.3, -0.25) is 10.1 Å². The first-order valence-electron chi connectivity index (χ1n) is 8.59. The predicted molar refractivity (Wildman–Crippen MR) is 104 cm³/mol. The van der Waals surface area contributed by atoms with Gasteiger partial charge in [-0.1, -0.05) is 5.16 Å². The summed E-state index contributed by atoms with van der Waals surface area (Å²) in [6.45, 7) is 10.0. The molecule has 1 amide bonds. The van der Waals surface area contributed by atoms with Crippen LogP contribution in [0.3, 0.4) is 0 Å². The van der Waals surface area contributed by atoms with Gasteiger partial charge in [-0.15, -0.1) is 11.3 Å². The summed E-state index contributed by atoms with van der Waals surface area (Å²) in [5.74, 6) is -2.39. The number of nitrogens with one attached hydrogen (secondary N) is 1. The van der Waals surface area contributed by atoms with Gasteiger partial charge in [-0.25, -0.2) is 14.6 Å². The molecule has 0 aliphatic rings. The third-order valence-corrected chi connectivity index (χ3v) is 3.77. The number of amides is 1. The summed E-state index contributed by atoms with van der Waals surface area (Å²) in [5.41, 5.74) is 3.15. The van der Waals surface area contributed by atoms with Crippen LogP contribution in [0.5, 0.6) is 0 Å². The van der Waals surface area contributed by atoms with Crippen molar-refractivity contribution in [1.29, 1.82) is 0 Å². The van der Waals surface area contributed by atoms with Gasteiger partial charge in [0.2, 0.25) is 5.71 Å². The Labute approximate surface area is 167 Å². The largest absolute Gasteiger partial charge is 0.461 e. The van der Waals surface area contributed by atoms with E-state index in [1.165, 1.54) is 12.3 Å². The predicted octanol–water partition coefficient (Wildman–Crippen LogP) is 1.44. The van der Waals surface area contributed by atoms with Crippen LogP contribution < -0.4 is 11.1 Å². The Balaban J connectivity index is 2.97. The molecule has 1 aromatic heterocycles. The number of aromatic nitrogens is 1. The lowest BCUT2D eigenvalue weighted by Crippen LogP contribution is -2.57. The highest BCUT2D eigenvalue weighted by atomic mass is 32.1. The Morgan fingerprint density at radius 1 is 1.21 bits per heavy atom. The van der Waals surface area contributed by atoms with Crippen molar-refractivity contribution in [2.24, 2.45) is 10.9 Å². The third kappa shape index (κ3) is 6.57. The van der Waals surface area contributed by atoms with E-state index < -0.39 is 29.0 Å². The zero-order chi connectivity index (χ0) is 21.5. The number of esters is 2. The Kier molecular flexibility index (Phi) is 8.06. The van der Waals surface area contributed by atoms with Crippen LogP contribution in [0.4, 0.5) is 5.13 Å². The Morgan fingerprint density at radius 3 is 2.39 bits per heavy atom. The van der Waals surface area contributed by atoms with Crippen molar-refractivity contribution in [3.8, 4) is 0 Å². The van der Waals surface area contributed by atoms with E-state index in [4.69, 9.17) is 20.0 Å². The van der Waals surface area contributed by atoms with Crippen molar-refractivity contribution in [2.45, 2.75) is 52.7 Å². The molecule has 0 fully saturated rings. The molecule has 1 heterocycles. The maximum absolute atomic E-state index is 12.4. The van der Waals surface area contributed by atoms with E-state index >= 15 is 0 Å². The van der Waals surface area contributed by atoms with E-state index in [-0.39, 0.29) is 29.8 Å². The van der Waals surface area contributed by atoms with Crippen LogP contribution in [0, 0.1) is 0 Å². The van der Waals surface area contributed by atoms with Crippen LogP contribution in [0.25, 0.3) is 0 Å². The van der Waals surface area contributed by atoms with Gasteiger partial charge in [-0.05, 0) is 41.5 Å². The maximum atomic E-state index is 12.4. The van der Waals surface area contributed by atoms with Gasteiger partial charge < -0.3 is 20.0 Å². The summed E-state index contributed by atoms with van der Waals surface area (Å²) in [6, 6.07) is 0. The van der Waals surface area contributed by atoms with Crippen LogP contribution in [-0.4, -0.2) is 52.9 Å². The number of hydrogen-bond acceptors (Lipinski definition) is 10. The molecule has 11 heteroatoms. The highest BCUT2D eigenvalue weighted by Crippen LogP contribution is 2.19. The number of nitrogens with zero attached hydrogens (tertiary/aromatic N) is 2. The SMILES string of the molecule is CCO/N=C(\C(=O)OCC)c1csc(NC(=O)[C@](C)(N)C(=O)OC(C)(C)C)n1. The first-order chi connectivity index (χ1) is 12.9. The van der Waals surface area contributed by atoms with Crippen molar-refractivity contribution in [3.05, 3.63) is 11.1 Å². The second kappa shape index (κ2) is 9.60. The fraction of sp³-hybridized carbons (Fsp3) is 0.588. The lowest BCUT2D eigenvalue weighted by Gasteiger charge is -2.27. The Hall–Kier alpha value is -2.53. The van der Waals surface area contributed by atoms with Crippen LogP contribution in [0.15, 0.2) is 10.5 Å². The number of nitrogens with two attached hydrogens (primary N) is 1. The summed E-state index contributed by atoms with van der Waals surface area (Å²) >= 11 is 1.02. The van der Waals surface area contributed by atoms with Crippen molar-refractivity contribution in [1.82, 2.24) is 4.98 Å². The number of rotatable bonds is 8. The lowest BCUT2D eigenvalue weighted by atomic mass is 10.0. The first-order valence-corrected chi connectivity index (χ1v) is 9.47. The maximum Gasteiger partial charge on any atom is 0.362 e. The molecule has 0 saturated carbocycles. The molecule has 10 nitrogen and oxygen atoms in total. The second-order valence-electron chi connectivity index (χ2n) is 6.77. The molecule has 0 radical (unpaired) electrons. The number of carbonyl (C=O) groups excluding carboxylic acids is 3. The molecule has 0 bridgehead atoms. The number of thiazole rings is 1. The molecule has 0 spiro atoms. The number of oxime groups is 1. The van der Waals surface area contributed by atoms with E-state index in [0.29, 0.717) is 0 Å². The molecule has 156 valence electrons. The topological polar surface area (TPSA) is 142 Å². The Morgan fingerprint density at radius 2 is 1.86 bits per heavy atom. The smallest absolute Gasteiger partial charge is 0.362 e. The molecule has 1 atom stereocenters. The number of carbonyl (C=O) groups is 3. The van der Waals surface area contributed by atoms with Crippen LogP contribution in [0.2, 0.25) is 0 Å². The molecule has 0 aliphatic heterocycles. The van der Waals surface area contributed by atoms with Gasteiger partial charge >= 0.3 is 11.9 Å². The molecular weight excluding hydrogens is 388 g/mol. The summed E-state index contributed by atoms with van der Waals surface area (Å²) in [7, 11) is 0. The standard InChI is InChI=1S/C17H26N4O6S/c1-7-25-12(22)11(21-26-8-2)10-9-28-15(19-10)20-13(23)17(6,18)14(24)27-16(3,4)5/h9H,7-8,18H2,1-6H3,(H,19,20,23)/b21-11-/t17-/m0/s1. The summed E-state index contributed by atoms with van der Waals surface area (Å²) in [6.07, 6.45) is 0. The normalized spacial score (nSPS) is 14.0. The van der Waals surface area contributed by atoms with Crippen LogP contribution >= 0.6 is 11.3 Å². The average molecular weight is 414 g/mol. The van der Waals surface area contributed by atoms with Gasteiger partial charge in [0.1, 0.15) is 17.9 Å². The molecule has 0 unspecified atom stereocenters. The number of anilines is 1. The monoisotopic (exact) mass is 414 g/mol. The van der Waals surface area contributed by atoms with E-state index in [2.05, 4.69) is 15.5 Å². The number of hydrogen-bond donors (Lipinski definition) is 2. The molecule has 1 aromatic rings. The van der Waals surface area contributed by atoms with Crippen molar-refractivity contribution < 1.29 is 28.7 Å². The van der Waals surface area contributed by atoms with Crippen molar-refractivity contribution >= 4 is 40.0 Å². The summed E-state index contributed by atoms with van der Waals surface area (Å²) in [4.78, 5) is 45.7. The number of ether oxygens (including phenoxy) is 2. The van der Waals surface area contributed by atoms with E-state index in [9.17, 15) is 14.4 Å². The Bertz CT molecular complexity index is 751. The minimum atomic E-state index is -1.93. The molecule has 0 aliphatic carbocycles. The first kappa shape index (κ1) is 23.5. The van der Waals surface area contributed by atoms with Crippen molar-refractivity contribution in [2.75, 3.05) is 18.5 Å². The average Bonchev–Trinajstić information content (AvgIpc) is 3.02. The van der Waals surface area contributed by atoms with Gasteiger partial charge in [0.05, 0.1) is 6.61 Å². The minimum Gasteiger partial charge on any atom is -0.461 e. The molecular formula is C17H26N4O6S. The minimum absolute atomic E-state index is 0.119. The molecule has 28 heavy (non-hydrogen) atoms. The summed E-state index contributed by atoms with van der Waals surface area (Å²) < 4.78 is 10.1. The molecule has 0 saturated heterocycles. The zero-order valence-electron chi connectivity index (χ0n) is 16.8.